The van der Waals surface area contributed by atoms with Gasteiger partial charge in [-0.25, -0.2) is 23.2 Å². The van der Waals surface area contributed by atoms with Crippen molar-refractivity contribution >= 4 is 56.0 Å². The molecule has 3 aromatic rings. The number of aryl methyl sites for hydroxylation is 1. The van der Waals surface area contributed by atoms with Gasteiger partial charge in [-0.15, -0.1) is 11.3 Å². The number of thiazole rings is 1. The number of pyridine rings is 1. The molecular weight excluding hydrogens is 783 g/mol. The van der Waals surface area contributed by atoms with Crippen molar-refractivity contribution in [2.75, 3.05) is 27.7 Å². The quantitative estimate of drug-likeness (QED) is 0.253. The van der Waals surface area contributed by atoms with Crippen molar-refractivity contribution in [1.82, 2.24) is 35.1 Å². The first kappa shape index (κ1) is 41.4. The van der Waals surface area contributed by atoms with Crippen molar-refractivity contribution < 1.29 is 37.1 Å². The van der Waals surface area contributed by atoms with Crippen LogP contribution in [-0.2, 0) is 24.4 Å². The number of fused-ring (bicyclic) bond motifs is 3. The minimum atomic E-state index is -3.90. The number of benzene rings is 1. The molecule has 17 heteroatoms. The summed E-state index contributed by atoms with van der Waals surface area (Å²) in [5, 5.41) is 8.58. The van der Waals surface area contributed by atoms with Crippen molar-refractivity contribution in [3.05, 3.63) is 47.0 Å². The Balaban J connectivity index is 1.25. The molecule has 0 bridgehead atoms. The highest BCUT2D eigenvalue weighted by Gasteiger charge is 2.62. The van der Waals surface area contributed by atoms with Gasteiger partial charge in [-0.1, -0.05) is 38.8 Å². The van der Waals surface area contributed by atoms with Crippen molar-refractivity contribution in [2.24, 2.45) is 5.92 Å². The number of urea groups is 1. The van der Waals surface area contributed by atoms with E-state index in [4.69, 9.17) is 19.4 Å². The van der Waals surface area contributed by atoms with E-state index in [9.17, 15) is 27.6 Å². The van der Waals surface area contributed by atoms with Crippen molar-refractivity contribution in [3.8, 4) is 22.2 Å². The highest BCUT2D eigenvalue weighted by molar-refractivity contribution is 7.91. The lowest BCUT2D eigenvalue weighted by molar-refractivity contribution is -0.141. The number of amides is 5. The standard InChI is InChI=1S/C41H53N7O8S2/c1-23(2)32-22-57-37(43-32)31-19-35(28-16-24(3)34(55-6)18-30(28)42-31)56-26-17-33-36(49)45-41(39(51)46-58(53,54)27-14-15-27)20-25(41)12-10-8-7-9-11-13-29(38(50)48(33)21-26)44-40(52)47(4)5/h10,12,16,18-19,22-23,25-27,29,33H,7-9,11,13-15,17,20-21H2,1-6H3,(H,44,52)(H,45,49)(H,46,51)/b12-10+/t25-,26-,29+,33+,41-/m1/s1. The zero-order valence-corrected chi connectivity index (χ0v) is 35.5. The highest BCUT2D eigenvalue weighted by atomic mass is 32.2. The lowest BCUT2D eigenvalue weighted by Crippen LogP contribution is -2.58. The summed E-state index contributed by atoms with van der Waals surface area (Å²) in [4.78, 5) is 68.5. The van der Waals surface area contributed by atoms with E-state index in [1.54, 1.807) is 21.2 Å². The summed E-state index contributed by atoms with van der Waals surface area (Å²) in [6, 6.07) is 3.14. The summed E-state index contributed by atoms with van der Waals surface area (Å²) in [7, 11) is 0.883. The zero-order chi connectivity index (χ0) is 41.5. The Kier molecular flexibility index (Phi) is 11.8. The molecule has 1 aromatic carbocycles. The predicted molar refractivity (Wildman–Crippen MR) is 220 cm³/mol. The van der Waals surface area contributed by atoms with Crippen LogP contribution in [0.15, 0.2) is 35.7 Å². The van der Waals surface area contributed by atoms with Gasteiger partial charge in [-0.2, -0.15) is 0 Å². The third-order valence-corrected chi connectivity index (χ3v) is 14.2. The average Bonchev–Trinajstić information content (AvgIpc) is 4.05. The van der Waals surface area contributed by atoms with Crippen molar-refractivity contribution in [3.63, 3.8) is 0 Å². The van der Waals surface area contributed by atoms with Gasteiger partial charge in [-0.3, -0.25) is 19.1 Å². The number of rotatable bonds is 9. The predicted octanol–water partition coefficient (Wildman–Crippen LogP) is 4.79. The molecule has 312 valence electrons. The third kappa shape index (κ3) is 8.65. The Hall–Kier alpha value is -4.77. The zero-order valence-electron chi connectivity index (χ0n) is 33.9. The van der Waals surface area contributed by atoms with Crippen LogP contribution in [0.4, 0.5) is 4.79 Å². The Morgan fingerprint density at radius 2 is 1.84 bits per heavy atom. The second kappa shape index (κ2) is 16.5. The first-order valence-corrected chi connectivity index (χ1v) is 22.5. The number of allylic oxidation sites excluding steroid dienone is 1. The number of ether oxygens (including phenoxy) is 2. The Labute approximate surface area is 343 Å². The van der Waals surface area contributed by atoms with Gasteiger partial charge in [0.15, 0.2) is 0 Å². The topological polar surface area (TPSA) is 189 Å². The van der Waals surface area contributed by atoms with Crippen LogP contribution in [0.2, 0.25) is 0 Å². The molecule has 0 unspecified atom stereocenters. The molecule has 2 aliphatic carbocycles. The smallest absolute Gasteiger partial charge is 0.317 e. The third-order valence-electron chi connectivity index (χ3n) is 11.5. The molecule has 1 saturated heterocycles. The van der Waals surface area contributed by atoms with Gasteiger partial charge in [0.05, 0.1) is 30.1 Å². The minimum absolute atomic E-state index is 0.00682. The van der Waals surface area contributed by atoms with Crippen molar-refractivity contribution in [2.45, 2.75) is 113 Å². The molecule has 3 N–H and O–H groups in total. The van der Waals surface area contributed by atoms with Gasteiger partial charge in [-0.05, 0) is 63.0 Å². The second-order valence-corrected chi connectivity index (χ2v) is 19.3. The number of carbonyl (C=O) groups excluding carboxylic acids is 4. The van der Waals surface area contributed by atoms with E-state index in [1.165, 1.54) is 21.1 Å². The van der Waals surface area contributed by atoms with Crippen LogP contribution in [0.1, 0.15) is 88.8 Å². The number of carbonyl (C=O) groups is 4. The molecule has 58 heavy (non-hydrogen) atoms. The van der Waals surface area contributed by atoms with Crippen molar-refractivity contribution in [1.29, 1.82) is 0 Å². The molecular formula is C41H53N7O8S2. The molecule has 2 aliphatic heterocycles. The average molecular weight is 836 g/mol. The van der Waals surface area contributed by atoms with Crippen LogP contribution in [0.25, 0.3) is 21.6 Å². The number of nitrogens with zero attached hydrogens (tertiary/aromatic N) is 4. The monoisotopic (exact) mass is 835 g/mol. The van der Waals surface area contributed by atoms with Gasteiger partial charge in [0.1, 0.15) is 45.9 Å². The molecule has 4 aliphatic rings. The molecule has 0 spiro atoms. The van der Waals surface area contributed by atoms with Crippen LogP contribution in [0, 0.1) is 12.8 Å². The number of nitrogens with one attached hydrogen (secondary N) is 3. The number of sulfonamides is 1. The van der Waals surface area contributed by atoms with E-state index >= 15 is 0 Å². The maximum absolute atomic E-state index is 14.6. The first-order chi connectivity index (χ1) is 27.6. The molecule has 2 aromatic heterocycles. The van der Waals surface area contributed by atoms with Gasteiger partial charge in [0.25, 0.3) is 5.91 Å². The Morgan fingerprint density at radius 3 is 2.53 bits per heavy atom. The number of hydrogen-bond donors (Lipinski definition) is 3. The highest BCUT2D eigenvalue weighted by Crippen LogP contribution is 2.46. The number of methoxy groups -OCH3 is 1. The van der Waals surface area contributed by atoms with E-state index in [0.29, 0.717) is 65.2 Å². The first-order valence-electron chi connectivity index (χ1n) is 20.0. The SMILES string of the molecule is COc1cc2nc(-c3nc(C(C)C)cs3)cc(O[C@@H]3C[C@H]4C(=O)N[C@]5(C(=O)NS(=O)(=O)C6CC6)C[C@H]5/C=C/CCCCC[C@H](NC(=O)N(C)C)C(=O)N4C3)c2cc1C. The van der Waals surface area contributed by atoms with E-state index in [2.05, 4.69) is 29.2 Å². The van der Waals surface area contributed by atoms with E-state index in [0.717, 1.165) is 24.1 Å². The summed E-state index contributed by atoms with van der Waals surface area (Å²) in [5.41, 5.74) is 1.51. The van der Waals surface area contributed by atoms with Crippen LogP contribution in [0.5, 0.6) is 11.5 Å². The summed E-state index contributed by atoms with van der Waals surface area (Å²) >= 11 is 1.48. The molecule has 15 nitrogen and oxygen atoms in total. The molecule has 5 amide bonds. The molecule has 2 saturated carbocycles. The van der Waals surface area contributed by atoms with E-state index < -0.39 is 68.7 Å². The second-order valence-electron chi connectivity index (χ2n) is 16.5. The van der Waals surface area contributed by atoms with Gasteiger partial charge < -0.3 is 29.9 Å². The fourth-order valence-electron chi connectivity index (χ4n) is 7.73. The molecule has 7 rings (SSSR count). The summed E-state index contributed by atoms with van der Waals surface area (Å²) < 4.78 is 40.5. The number of aromatic nitrogens is 2. The normalized spacial score (nSPS) is 25.8. The van der Waals surface area contributed by atoms with Crippen LogP contribution in [0.3, 0.4) is 0 Å². The lowest BCUT2D eigenvalue weighted by Gasteiger charge is -2.30. The van der Waals surface area contributed by atoms with Crippen LogP contribution >= 0.6 is 11.3 Å². The fourth-order valence-corrected chi connectivity index (χ4v) is 10.0. The Bertz CT molecular complexity index is 2240. The maximum atomic E-state index is 14.6. The van der Waals surface area contributed by atoms with E-state index in [-0.39, 0.29) is 25.3 Å². The van der Waals surface area contributed by atoms with Gasteiger partial charge >= 0.3 is 6.03 Å². The molecule has 4 heterocycles. The summed E-state index contributed by atoms with van der Waals surface area (Å²) in [6.45, 7) is 6.08. The van der Waals surface area contributed by atoms with Gasteiger partial charge in [0.2, 0.25) is 21.8 Å². The van der Waals surface area contributed by atoms with Crippen LogP contribution in [-0.4, -0.2) is 109 Å². The molecule has 5 atom stereocenters. The maximum Gasteiger partial charge on any atom is 0.317 e. The van der Waals surface area contributed by atoms with E-state index in [1.807, 2.05) is 42.7 Å². The summed E-state index contributed by atoms with van der Waals surface area (Å²) in [5.74, 6) is -0.897. The Morgan fingerprint density at radius 1 is 1.07 bits per heavy atom. The van der Waals surface area contributed by atoms with Gasteiger partial charge in [0, 0.05) is 49.3 Å². The lowest BCUT2D eigenvalue weighted by atomic mass is 10.0. The molecule has 3 fully saturated rings. The van der Waals surface area contributed by atoms with Crippen LogP contribution < -0.4 is 24.8 Å². The number of hydrogen-bond acceptors (Lipinski definition) is 11. The summed E-state index contributed by atoms with van der Waals surface area (Å²) in [6.07, 6.45) is 7.69. The minimum Gasteiger partial charge on any atom is -0.496 e. The fraction of sp³-hybridized carbons (Fsp3) is 0.561. The molecule has 0 radical (unpaired) electrons. The largest absolute Gasteiger partial charge is 0.496 e.